The predicted molar refractivity (Wildman–Crippen MR) is 87.8 cm³/mol. The minimum absolute atomic E-state index is 1.15. The molecule has 3 aromatic rings. The van der Waals surface area contributed by atoms with E-state index in [0.29, 0.717) is 0 Å². The van der Waals surface area contributed by atoms with Crippen molar-refractivity contribution in [3.63, 3.8) is 0 Å². The summed E-state index contributed by atoms with van der Waals surface area (Å²) in [5.41, 5.74) is 2.68. The Hall–Kier alpha value is -2.34. The fourth-order valence-corrected chi connectivity index (χ4v) is 2.95. The molecule has 0 heterocycles. The monoisotopic (exact) mass is 256 g/mol. The average molecular weight is 256 g/mol. The van der Waals surface area contributed by atoms with Gasteiger partial charge in [-0.2, -0.15) is 0 Å². The third-order valence-corrected chi connectivity index (χ3v) is 4.03. The molecule has 0 saturated carbocycles. The molecule has 0 nitrogen and oxygen atoms in total. The largest absolute Gasteiger partial charge is 0.0836 e. The summed E-state index contributed by atoms with van der Waals surface area (Å²) in [6, 6.07) is 19.9. The van der Waals surface area contributed by atoms with Crippen molar-refractivity contribution in [3.8, 4) is 0 Å². The Kier molecular flexibility index (Phi) is 2.67. The molecule has 1 aliphatic carbocycles. The van der Waals surface area contributed by atoms with E-state index in [9.17, 15) is 0 Å². The van der Waals surface area contributed by atoms with E-state index in [0.717, 1.165) is 6.42 Å². The average Bonchev–Trinajstić information content (AvgIpc) is 2.53. The number of hydrogen-bond acceptors (Lipinski definition) is 0. The molecule has 0 N–H and O–H groups in total. The quantitative estimate of drug-likeness (QED) is 0.488. The summed E-state index contributed by atoms with van der Waals surface area (Å²) in [7, 11) is 0. The van der Waals surface area contributed by atoms with Crippen molar-refractivity contribution < 1.29 is 0 Å². The highest BCUT2D eigenvalue weighted by atomic mass is 14.1. The lowest BCUT2D eigenvalue weighted by Gasteiger charge is -2.09. The van der Waals surface area contributed by atoms with Gasteiger partial charge in [-0.05, 0) is 63.7 Å². The topological polar surface area (TPSA) is 0 Å². The summed E-state index contributed by atoms with van der Waals surface area (Å²) >= 11 is 0. The molecule has 0 unspecified atom stereocenters. The summed E-state index contributed by atoms with van der Waals surface area (Å²) in [6.07, 6.45) is 9.16. The van der Waals surface area contributed by atoms with Crippen LogP contribution in [0.15, 0.2) is 72.8 Å². The Balaban J connectivity index is 1.92. The maximum Gasteiger partial charge on any atom is -0.0171 e. The molecule has 0 radical (unpaired) electrons. The molecule has 0 saturated heterocycles. The van der Waals surface area contributed by atoms with E-state index >= 15 is 0 Å². The van der Waals surface area contributed by atoms with Crippen LogP contribution in [-0.4, -0.2) is 0 Å². The van der Waals surface area contributed by atoms with Crippen molar-refractivity contribution in [1.82, 2.24) is 0 Å². The van der Waals surface area contributed by atoms with E-state index in [2.05, 4.69) is 72.8 Å². The Morgan fingerprint density at radius 3 is 2.15 bits per heavy atom. The first-order chi connectivity index (χ1) is 9.90. The van der Waals surface area contributed by atoms with Gasteiger partial charge in [-0.1, -0.05) is 54.6 Å². The van der Waals surface area contributed by atoms with Gasteiger partial charge >= 0.3 is 0 Å². The van der Waals surface area contributed by atoms with E-state index in [-0.39, 0.29) is 0 Å². The summed E-state index contributed by atoms with van der Waals surface area (Å²) in [4.78, 5) is 0. The summed E-state index contributed by atoms with van der Waals surface area (Å²) < 4.78 is 0. The molecule has 0 fully saturated rings. The lowest BCUT2D eigenvalue weighted by molar-refractivity contribution is 1.04. The Bertz CT molecular complexity index is 850. The molecule has 20 heavy (non-hydrogen) atoms. The van der Waals surface area contributed by atoms with Gasteiger partial charge in [-0.3, -0.25) is 0 Å². The van der Waals surface area contributed by atoms with Crippen LogP contribution in [0.5, 0.6) is 0 Å². The normalized spacial score (nSPS) is 14.7. The molecule has 0 aliphatic heterocycles. The van der Waals surface area contributed by atoms with Crippen molar-refractivity contribution in [2.24, 2.45) is 0 Å². The highest BCUT2D eigenvalue weighted by Gasteiger charge is 2.03. The molecule has 0 atom stereocenters. The molecule has 0 amide bonds. The van der Waals surface area contributed by atoms with Crippen molar-refractivity contribution >= 4 is 27.1 Å². The smallest absolute Gasteiger partial charge is 0.0171 e. The third-order valence-electron chi connectivity index (χ3n) is 4.03. The van der Waals surface area contributed by atoms with Crippen LogP contribution in [0.25, 0.3) is 27.1 Å². The van der Waals surface area contributed by atoms with Gasteiger partial charge in [0, 0.05) is 0 Å². The van der Waals surface area contributed by atoms with Gasteiger partial charge in [0.2, 0.25) is 0 Å². The van der Waals surface area contributed by atoms with Gasteiger partial charge in [-0.15, -0.1) is 0 Å². The minimum atomic E-state index is 1.15. The van der Waals surface area contributed by atoms with Gasteiger partial charge in [-0.25, -0.2) is 0 Å². The summed E-state index contributed by atoms with van der Waals surface area (Å²) in [5, 5.41) is 5.25. The number of benzene rings is 3. The van der Waals surface area contributed by atoms with Crippen LogP contribution < -0.4 is 0 Å². The molecular weight excluding hydrogens is 240 g/mol. The van der Waals surface area contributed by atoms with Crippen molar-refractivity contribution in [2.45, 2.75) is 12.8 Å². The summed E-state index contributed by atoms with van der Waals surface area (Å²) in [6.45, 7) is 0. The van der Waals surface area contributed by atoms with Gasteiger partial charge in [0.05, 0.1) is 0 Å². The molecule has 0 aromatic heterocycles. The minimum Gasteiger partial charge on any atom is -0.0836 e. The van der Waals surface area contributed by atoms with Crippen molar-refractivity contribution in [2.75, 3.05) is 0 Å². The van der Waals surface area contributed by atoms with Crippen LogP contribution in [-0.2, 0) is 0 Å². The lowest BCUT2D eigenvalue weighted by Crippen LogP contribution is -1.86. The zero-order valence-electron chi connectivity index (χ0n) is 11.3. The van der Waals surface area contributed by atoms with E-state index in [1.54, 1.807) is 0 Å². The molecule has 96 valence electrons. The van der Waals surface area contributed by atoms with Gasteiger partial charge in [0.15, 0.2) is 0 Å². The zero-order valence-corrected chi connectivity index (χ0v) is 11.3. The molecule has 0 heteroatoms. The maximum absolute atomic E-state index is 2.34. The molecule has 0 bridgehead atoms. The van der Waals surface area contributed by atoms with Crippen LogP contribution in [0.3, 0.4) is 0 Å². The second kappa shape index (κ2) is 4.64. The highest BCUT2D eigenvalue weighted by molar-refractivity contribution is 5.99. The number of fused-ring (bicyclic) bond motifs is 2. The van der Waals surface area contributed by atoms with Gasteiger partial charge in [0.1, 0.15) is 0 Å². The molecule has 1 aliphatic rings. The highest BCUT2D eigenvalue weighted by Crippen LogP contribution is 2.28. The Morgan fingerprint density at radius 2 is 1.40 bits per heavy atom. The molecule has 4 rings (SSSR count). The first-order valence-electron chi connectivity index (χ1n) is 7.20. The van der Waals surface area contributed by atoms with E-state index in [4.69, 9.17) is 0 Å². The Labute approximate surface area is 119 Å². The molecular formula is C20H16. The first-order valence-corrected chi connectivity index (χ1v) is 7.20. The predicted octanol–water partition coefficient (Wildman–Crippen LogP) is 5.73. The third kappa shape index (κ3) is 1.94. The second-order valence-corrected chi connectivity index (χ2v) is 5.40. The fraction of sp³-hybridized carbons (Fsp3) is 0.100. The fourth-order valence-electron chi connectivity index (χ4n) is 2.95. The standard InChI is InChI=1S/C20H16/c1-2-6-15(7-3-1)18-10-11-19-12-16-8-4-5-9-17(16)13-20(19)14-18/h2,4-14H,1,3H2. The maximum atomic E-state index is 2.34. The van der Waals surface area contributed by atoms with Crippen LogP contribution in [0.4, 0.5) is 0 Å². The van der Waals surface area contributed by atoms with Crippen molar-refractivity contribution in [1.29, 1.82) is 0 Å². The summed E-state index contributed by atoms with van der Waals surface area (Å²) in [5.74, 6) is 0. The zero-order chi connectivity index (χ0) is 13.4. The number of rotatable bonds is 1. The second-order valence-electron chi connectivity index (χ2n) is 5.40. The number of hydrogen-bond donors (Lipinski definition) is 0. The number of allylic oxidation sites excluding steroid dienone is 4. The van der Waals surface area contributed by atoms with Crippen LogP contribution in [0, 0.1) is 0 Å². The van der Waals surface area contributed by atoms with Gasteiger partial charge < -0.3 is 0 Å². The van der Waals surface area contributed by atoms with Crippen LogP contribution in [0.1, 0.15) is 18.4 Å². The van der Waals surface area contributed by atoms with E-state index in [1.807, 2.05) is 0 Å². The molecule has 3 aromatic carbocycles. The SMILES string of the molecule is C1=CC(c2ccc3cc4ccccc4cc3c2)=CCC1. The van der Waals surface area contributed by atoms with E-state index < -0.39 is 0 Å². The van der Waals surface area contributed by atoms with Gasteiger partial charge in [0.25, 0.3) is 0 Å². The van der Waals surface area contributed by atoms with Crippen molar-refractivity contribution in [3.05, 3.63) is 78.4 Å². The van der Waals surface area contributed by atoms with Crippen LogP contribution in [0.2, 0.25) is 0 Å². The Morgan fingerprint density at radius 1 is 0.650 bits per heavy atom. The lowest BCUT2D eigenvalue weighted by atomic mass is 9.96. The molecule has 0 spiro atoms. The van der Waals surface area contributed by atoms with Crippen LogP contribution >= 0.6 is 0 Å². The first kappa shape index (κ1) is 11.5. The van der Waals surface area contributed by atoms with E-state index in [1.165, 1.54) is 39.1 Å².